The van der Waals surface area contributed by atoms with Crippen LogP contribution in [0.25, 0.3) is 11.4 Å². The second kappa shape index (κ2) is 9.15. The highest BCUT2D eigenvalue weighted by Gasteiger charge is 2.36. The average molecular weight is 440 g/mol. The average Bonchev–Trinajstić information content (AvgIpc) is 3.50. The van der Waals surface area contributed by atoms with E-state index < -0.39 is 0 Å². The number of carbonyl (C=O) groups excluding carboxylic acids is 1. The summed E-state index contributed by atoms with van der Waals surface area (Å²) >= 11 is 0. The Morgan fingerprint density at radius 3 is 2.59 bits per heavy atom. The minimum absolute atomic E-state index is 0.131. The summed E-state index contributed by atoms with van der Waals surface area (Å²) in [6.07, 6.45) is 6.48. The smallest absolute Gasteiger partial charge is 0.244 e. The number of likely N-dealkylation sites (tertiary alicyclic amines) is 2. The monoisotopic (exact) mass is 439 g/mol. The molecule has 0 bridgehead atoms. The van der Waals surface area contributed by atoms with Crippen molar-refractivity contribution in [3.8, 4) is 11.4 Å². The number of rotatable bonds is 4. The van der Waals surface area contributed by atoms with Gasteiger partial charge in [0, 0.05) is 50.9 Å². The molecule has 32 heavy (non-hydrogen) atoms. The topological polar surface area (TPSA) is 81.8 Å². The van der Waals surface area contributed by atoms with Gasteiger partial charge in [-0.05, 0) is 64.5 Å². The molecule has 0 aromatic carbocycles. The lowest BCUT2D eigenvalue weighted by Crippen LogP contribution is -2.48. The minimum atomic E-state index is 0.131. The van der Waals surface area contributed by atoms with Gasteiger partial charge in [0.15, 0.2) is 0 Å². The predicted octanol–water partition coefficient (Wildman–Crippen LogP) is 2.03. The Morgan fingerprint density at radius 2 is 1.84 bits per heavy atom. The van der Waals surface area contributed by atoms with Gasteiger partial charge >= 0.3 is 0 Å². The van der Waals surface area contributed by atoms with Crippen molar-refractivity contribution in [2.24, 2.45) is 0 Å². The van der Waals surface area contributed by atoms with Crippen molar-refractivity contribution < 1.29 is 9.32 Å². The molecule has 172 valence electrons. The highest BCUT2D eigenvalue weighted by molar-refractivity contribution is 5.73. The highest BCUT2D eigenvalue weighted by Crippen LogP contribution is 2.36. The molecule has 0 spiro atoms. The number of pyridine rings is 1. The first-order valence-corrected chi connectivity index (χ1v) is 11.8. The van der Waals surface area contributed by atoms with Gasteiger partial charge in [-0.2, -0.15) is 4.98 Å². The molecular formula is C23H33N7O2. The van der Waals surface area contributed by atoms with Crippen LogP contribution < -0.4 is 4.90 Å². The van der Waals surface area contributed by atoms with Gasteiger partial charge in [0.2, 0.25) is 17.6 Å². The molecule has 2 aromatic heterocycles. The van der Waals surface area contributed by atoms with Gasteiger partial charge in [-0.3, -0.25) is 9.69 Å². The lowest BCUT2D eigenvalue weighted by Gasteiger charge is -2.37. The molecule has 5 rings (SSSR count). The first-order valence-electron chi connectivity index (χ1n) is 11.8. The number of amides is 1. The molecule has 9 heteroatoms. The SMILES string of the molecule is CC(=O)N1CCN(c2cc(-c3noc([C@@H]4CCCN4C4CCN(C)CC4)n3)ccn2)CC1. The van der Waals surface area contributed by atoms with Crippen LogP contribution in [0, 0.1) is 0 Å². The van der Waals surface area contributed by atoms with Crippen molar-refractivity contribution in [2.75, 3.05) is 57.8 Å². The maximum absolute atomic E-state index is 11.6. The maximum atomic E-state index is 11.6. The minimum Gasteiger partial charge on any atom is -0.353 e. The second-order valence-corrected chi connectivity index (χ2v) is 9.28. The fraction of sp³-hybridized carbons (Fsp3) is 0.652. The maximum Gasteiger partial charge on any atom is 0.244 e. The molecule has 3 aliphatic rings. The fourth-order valence-electron chi connectivity index (χ4n) is 5.29. The molecule has 9 nitrogen and oxygen atoms in total. The van der Waals surface area contributed by atoms with Crippen LogP contribution >= 0.6 is 0 Å². The summed E-state index contributed by atoms with van der Waals surface area (Å²) in [6.45, 7) is 8.06. The third-order valence-corrected chi connectivity index (χ3v) is 7.23. The molecule has 1 amide bonds. The number of aromatic nitrogens is 3. The summed E-state index contributed by atoms with van der Waals surface area (Å²) in [5, 5.41) is 4.32. The van der Waals surface area contributed by atoms with Crippen molar-refractivity contribution in [3.05, 3.63) is 24.2 Å². The zero-order chi connectivity index (χ0) is 22.1. The van der Waals surface area contributed by atoms with Crippen LogP contribution in [0.1, 0.15) is 44.5 Å². The molecule has 3 fully saturated rings. The van der Waals surface area contributed by atoms with Crippen LogP contribution in [-0.4, -0.2) is 94.6 Å². The van der Waals surface area contributed by atoms with Crippen LogP contribution in [0.15, 0.2) is 22.9 Å². The van der Waals surface area contributed by atoms with E-state index in [2.05, 4.69) is 31.9 Å². The van der Waals surface area contributed by atoms with Crippen LogP contribution in [-0.2, 0) is 4.79 Å². The van der Waals surface area contributed by atoms with E-state index in [9.17, 15) is 4.79 Å². The summed E-state index contributed by atoms with van der Waals surface area (Å²) in [5.74, 6) is 2.39. The van der Waals surface area contributed by atoms with Crippen LogP contribution in [0.2, 0.25) is 0 Å². The zero-order valence-corrected chi connectivity index (χ0v) is 19.1. The summed E-state index contributed by atoms with van der Waals surface area (Å²) < 4.78 is 5.78. The molecule has 3 saturated heterocycles. The molecule has 2 aromatic rings. The standard InChI is InChI=1S/C23H33N7O2/c1-17(31)28-12-14-29(15-13-28)21-16-18(5-8-24-21)22-25-23(32-26-22)20-4-3-9-30(20)19-6-10-27(2)11-7-19/h5,8,16,19-20H,3-4,6-7,9-15H2,1-2H3/t20-/m0/s1. The lowest BCUT2D eigenvalue weighted by molar-refractivity contribution is -0.129. The van der Waals surface area contributed by atoms with Crippen molar-refractivity contribution in [1.82, 2.24) is 29.8 Å². The van der Waals surface area contributed by atoms with E-state index in [1.807, 2.05) is 17.0 Å². The molecular weight excluding hydrogens is 406 g/mol. The summed E-state index contributed by atoms with van der Waals surface area (Å²) in [7, 11) is 2.20. The number of anilines is 1. The van der Waals surface area contributed by atoms with Crippen molar-refractivity contribution in [3.63, 3.8) is 0 Å². The molecule has 0 aliphatic carbocycles. The number of hydrogen-bond acceptors (Lipinski definition) is 8. The van der Waals surface area contributed by atoms with Gasteiger partial charge in [-0.15, -0.1) is 0 Å². The Hall–Kier alpha value is -2.52. The normalized spacial score (nSPS) is 23.8. The summed E-state index contributed by atoms with van der Waals surface area (Å²) in [6, 6.07) is 4.80. The Labute approximate surface area is 189 Å². The van der Waals surface area contributed by atoms with Crippen LogP contribution in [0.4, 0.5) is 5.82 Å². The summed E-state index contributed by atoms with van der Waals surface area (Å²) in [4.78, 5) is 30.0. The Morgan fingerprint density at radius 1 is 1.06 bits per heavy atom. The quantitative estimate of drug-likeness (QED) is 0.716. The Bertz CT molecular complexity index is 932. The highest BCUT2D eigenvalue weighted by atomic mass is 16.5. The fourth-order valence-corrected chi connectivity index (χ4v) is 5.29. The molecule has 1 atom stereocenters. The van der Waals surface area contributed by atoms with Crippen LogP contribution in [0.3, 0.4) is 0 Å². The van der Waals surface area contributed by atoms with Gasteiger partial charge in [0.1, 0.15) is 5.82 Å². The van der Waals surface area contributed by atoms with Crippen molar-refractivity contribution >= 4 is 11.7 Å². The molecule has 0 saturated carbocycles. The van der Waals surface area contributed by atoms with E-state index in [-0.39, 0.29) is 11.9 Å². The lowest BCUT2D eigenvalue weighted by atomic mass is 10.0. The first kappa shape index (κ1) is 21.3. The van der Waals surface area contributed by atoms with Crippen LogP contribution in [0.5, 0.6) is 0 Å². The predicted molar refractivity (Wildman–Crippen MR) is 121 cm³/mol. The van der Waals surface area contributed by atoms with Gasteiger partial charge in [-0.1, -0.05) is 5.16 Å². The number of hydrogen-bond donors (Lipinski definition) is 0. The molecule has 0 unspecified atom stereocenters. The molecule has 0 radical (unpaired) electrons. The summed E-state index contributed by atoms with van der Waals surface area (Å²) in [5.41, 5.74) is 0.919. The Balaban J connectivity index is 1.29. The van der Waals surface area contributed by atoms with E-state index in [1.165, 1.54) is 19.3 Å². The molecule has 3 aliphatic heterocycles. The number of piperazine rings is 1. The number of nitrogens with zero attached hydrogens (tertiary/aromatic N) is 7. The molecule has 0 N–H and O–H groups in total. The van der Waals surface area contributed by atoms with Crippen molar-refractivity contribution in [1.29, 1.82) is 0 Å². The van der Waals surface area contributed by atoms with Gasteiger partial charge < -0.3 is 19.2 Å². The van der Waals surface area contributed by atoms with Gasteiger partial charge in [-0.25, -0.2) is 4.98 Å². The van der Waals surface area contributed by atoms with E-state index in [0.29, 0.717) is 11.9 Å². The van der Waals surface area contributed by atoms with E-state index >= 15 is 0 Å². The third kappa shape index (κ3) is 4.36. The number of piperidine rings is 1. The number of carbonyl (C=O) groups is 1. The molecule has 5 heterocycles. The largest absolute Gasteiger partial charge is 0.353 e. The second-order valence-electron chi connectivity index (χ2n) is 9.28. The first-order chi connectivity index (χ1) is 15.6. The zero-order valence-electron chi connectivity index (χ0n) is 19.1. The van der Waals surface area contributed by atoms with Crippen molar-refractivity contribution in [2.45, 2.75) is 44.7 Å². The third-order valence-electron chi connectivity index (χ3n) is 7.23. The van der Waals surface area contributed by atoms with E-state index in [4.69, 9.17) is 9.51 Å². The van der Waals surface area contributed by atoms with Gasteiger partial charge in [0.05, 0.1) is 6.04 Å². The van der Waals surface area contributed by atoms with E-state index in [0.717, 1.165) is 69.5 Å². The van der Waals surface area contributed by atoms with Gasteiger partial charge in [0.25, 0.3) is 0 Å². The van der Waals surface area contributed by atoms with E-state index in [1.54, 1.807) is 13.1 Å². The Kier molecular flexibility index (Phi) is 6.10.